The van der Waals surface area contributed by atoms with E-state index in [1.807, 2.05) is 18.3 Å². The molecule has 1 aliphatic carbocycles. The van der Waals surface area contributed by atoms with Crippen LogP contribution in [0.5, 0.6) is 0 Å². The van der Waals surface area contributed by atoms with E-state index >= 15 is 0 Å². The summed E-state index contributed by atoms with van der Waals surface area (Å²) in [4.78, 5) is 16.3. The molecule has 1 aromatic heterocycles. The fraction of sp³-hybridized carbons (Fsp3) is 0.538. The first-order valence-electron chi connectivity index (χ1n) is 5.92. The standard InChI is InChI=1S/C13H18N2O/c1-14-12(16)13(7-3-2-4-8-13)11-6-5-9-15-10-11/h5-6,9-10H,2-4,7-8H2,1H3,(H,14,16). The van der Waals surface area contributed by atoms with Gasteiger partial charge in [-0.2, -0.15) is 0 Å². The highest BCUT2D eigenvalue weighted by Gasteiger charge is 2.40. The molecule has 2 rings (SSSR count). The fourth-order valence-corrected chi connectivity index (χ4v) is 2.69. The Morgan fingerprint density at radius 3 is 2.69 bits per heavy atom. The highest BCUT2D eigenvalue weighted by atomic mass is 16.2. The van der Waals surface area contributed by atoms with Gasteiger partial charge in [-0.05, 0) is 24.5 Å². The Kier molecular flexibility index (Phi) is 3.22. The summed E-state index contributed by atoms with van der Waals surface area (Å²) >= 11 is 0. The first-order valence-corrected chi connectivity index (χ1v) is 5.92. The molecule has 1 amide bonds. The summed E-state index contributed by atoms with van der Waals surface area (Å²) in [6.45, 7) is 0. The lowest BCUT2D eigenvalue weighted by Crippen LogP contribution is -2.44. The molecule has 1 aliphatic rings. The summed E-state index contributed by atoms with van der Waals surface area (Å²) in [5.41, 5.74) is 0.732. The van der Waals surface area contributed by atoms with Crippen LogP contribution in [0.25, 0.3) is 0 Å². The number of nitrogens with zero attached hydrogens (tertiary/aromatic N) is 1. The third-order valence-electron chi connectivity index (χ3n) is 3.58. The van der Waals surface area contributed by atoms with Crippen LogP contribution in [-0.2, 0) is 10.2 Å². The van der Waals surface area contributed by atoms with Gasteiger partial charge in [0.1, 0.15) is 0 Å². The minimum Gasteiger partial charge on any atom is -0.358 e. The molecule has 0 aliphatic heterocycles. The van der Waals surface area contributed by atoms with E-state index in [0.717, 1.165) is 31.2 Å². The third kappa shape index (κ3) is 1.82. The van der Waals surface area contributed by atoms with Crippen molar-refractivity contribution in [1.82, 2.24) is 10.3 Å². The number of carbonyl (C=O) groups is 1. The molecule has 1 N–H and O–H groups in total. The van der Waals surface area contributed by atoms with Crippen molar-refractivity contribution in [3.05, 3.63) is 30.1 Å². The number of pyridine rings is 1. The zero-order valence-electron chi connectivity index (χ0n) is 9.70. The average Bonchev–Trinajstić information content (AvgIpc) is 2.39. The zero-order chi connectivity index (χ0) is 11.4. The first-order chi connectivity index (χ1) is 7.79. The Bertz CT molecular complexity index is 355. The summed E-state index contributed by atoms with van der Waals surface area (Å²) in [6.07, 6.45) is 8.96. The second kappa shape index (κ2) is 4.64. The zero-order valence-corrected chi connectivity index (χ0v) is 9.70. The van der Waals surface area contributed by atoms with Crippen molar-refractivity contribution in [3.8, 4) is 0 Å². The predicted molar refractivity (Wildman–Crippen MR) is 63.1 cm³/mol. The van der Waals surface area contributed by atoms with Crippen LogP contribution >= 0.6 is 0 Å². The van der Waals surface area contributed by atoms with Crippen LogP contribution < -0.4 is 5.32 Å². The average molecular weight is 218 g/mol. The number of aromatic nitrogens is 1. The quantitative estimate of drug-likeness (QED) is 0.825. The van der Waals surface area contributed by atoms with Crippen LogP contribution in [0.3, 0.4) is 0 Å². The van der Waals surface area contributed by atoms with Gasteiger partial charge in [-0.3, -0.25) is 9.78 Å². The van der Waals surface area contributed by atoms with Crippen molar-refractivity contribution in [2.75, 3.05) is 7.05 Å². The van der Waals surface area contributed by atoms with E-state index in [-0.39, 0.29) is 11.3 Å². The van der Waals surface area contributed by atoms with Gasteiger partial charge in [0, 0.05) is 19.4 Å². The minimum atomic E-state index is -0.332. The number of hydrogen-bond acceptors (Lipinski definition) is 2. The maximum Gasteiger partial charge on any atom is 0.230 e. The van der Waals surface area contributed by atoms with E-state index < -0.39 is 0 Å². The fourth-order valence-electron chi connectivity index (χ4n) is 2.69. The molecular weight excluding hydrogens is 200 g/mol. The second-order valence-electron chi connectivity index (χ2n) is 4.46. The molecule has 0 bridgehead atoms. The summed E-state index contributed by atoms with van der Waals surface area (Å²) in [6, 6.07) is 3.93. The first kappa shape index (κ1) is 11.1. The van der Waals surface area contributed by atoms with Crippen LogP contribution in [-0.4, -0.2) is 17.9 Å². The Hall–Kier alpha value is -1.38. The van der Waals surface area contributed by atoms with E-state index in [1.54, 1.807) is 13.2 Å². The topological polar surface area (TPSA) is 42.0 Å². The third-order valence-corrected chi connectivity index (χ3v) is 3.58. The van der Waals surface area contributed by atoms with E-state index in [1.165, 1.54) is 6.42 Å². The van der Waals surface area contributed by atoms with E-state index in [0.29, 0.717) is 0 Å². The van der Waals surface area contributed by atoms with Crippen LogP contribution in [0.15, 0.2) is 24.5 Å². The molecule has 1 heterocycles. The normalized spacial score (nSPS) is 19.1. The predicted octanol–water partition coefficient (Wildman–Crippen LogP) is 2.03. The SMILES string of the molecule is CNC(=O)C1(c2cccnc2)CCCCC1. The summed E-state index contributed by atoms with van der Waals surface area (Å²) in [5, 5.41) is 2.81. The van der Waals surface area contributed by atoms with Gasteiger partial charge in [0.2, 0.25) is 5.91 Å². The van der Waals surface area contributed by atoms with Crippen molar-refractivity contribution in [3.63, 3.8) is 0 Å². The van der Waals surface area contributed by atoms with E-state index in [4.69, 9.17) is 0 Å². The lowest BCUT2D eigenvalue weighted by Gasteiger charge is -2.35. The molecule has 16 heavy (non-hydrogen) atoms. The Morgan fingerprint density at radius 1 is 1.38 bits per heavy atom. The van der Waals surface area contributed by atoms with Gasteiger partial charge in [-0.25, -0.2) is 0 Å². The number of carbonyl (C=O) groups excluding carboxylic acids is 1. The van der Waals surface area contributed by atoms with E-state index in [2.05, 4.69) is 10.3 Å². The maximum atomic E-state index is 12.2. The van der Waals surface area contributed by atoms with Gasteiger partial charge in [-0.1, -0.05) is 25.3 Å². The van der Waals surface area contributed by atoms with Crippen LogP contribution in [0.2, 0.25) is 0 Å². The number of hydrogen-bond donors (Lipinski definition) is 1. The van der Waals surface area contributed by atoms with Gasteiger partial charge < -0.3 is 5.32 Å². The molecule has 3 nitrogen and oxygen atoms in total. The molecule has 1 fully saturated rings. The highest BCUT2D eigenvalue weighted by molar-refractivity contribution is 5.88. The van der Waals surface area contributed by atoms with Gasteiger partial charge in [-0.15, -0.1) is 0 Å². The molecule has 0 unspecified atom stereocenters. The smallest absolute Gasteiger partial charge is 0.230 e. The number of rotatable bonds is 2. The van der Waals surface area contributed by atoms with Crippen molar-refractivity contribution in [2.24, 2.45) is 0 Å². The van der Waals surface area contributed by atoms with Gasteiger partial charge in [0.25, 0.3) is 0 Å². The Labute approximate surface area is 96.3 Å². The van der Waals surface area contributed by atoms with Gasteiger partial charge in [0.05, 0.1) is 5.41 Å². The van der Waals surface area contributed by atoms with Gasteiger partial charge in [0.15, 0.2) is 0 Å². The maximum absolute atomic E-state index is 12.2. The summed E-state index contributed by atoms with van der Waals surface area (Å²) in [5.74, 6) is 0.139. The largest absolute Gasteiger partial charge is 0.358 e. The monoisotopic (exact) mass is 218 g/mol. The van der Waals surface area contributed by atoms with Crippen molar-refractivity contribution in [1.29, 1.82) is 0 Å². The molecule has 0 radical (unpaired) electrons. The lowest BCUT2D eigenvalue weighted by molar-refractivity contribution is -0.127. The molecule has 0 saturated heterocycles. The van der Waals surface area contributed by atoms with Crippen molar-refractivity contribution < 1.29 is 4.79 Å². The Balaban J connectivity index is 2.38. The van der Waals surface area contributed by atoms with Crippen LogP contribution in [0.1, 0.15) is 37.7 Å². The Morgan fingerprint density at radius 2 is 2.12 bits per heavy atom. The molecule has 1 saturated carbocycles. The van der Waals surface area contributed by atoms with Crippen LogP contribution in [0.4, 0.5) is 0 Å². The van der Waals surface area contributed by atoms with Crippen molar-refractivity contribution >= 4 is 5.91 Å². The summed E-state index contributed by atoms with van der Waals surface area (Å²) < 4.78 is 0. The number of likely N-dealkylation sites (N-methyl/N-ethyl adjacent to an activating group) is 1. The van der Waals surface area contributed by atoms with Gasteiger partial charge >= 0.3 is 0 Å². The molecular formula is C13H18N2O. The minimum absolute atomic E-state index is 0.139. The second-order valence-corrected chi connectivity index (χ2v) is 4.46. The molecule has 0 atom stereocenters. The molecule has 1 aromatic rings. The summed E-state index contributed by atoms with van der Waals surface area (Å²) in [7, 11) is 1.72. The van der Waals surface area contributed by atoms with Crippen LogP contribution in [0, 0.1) is 0 Å². The van der Waals surface area contributed by atoms with Crippen molar-refractivity contribution in [2.45, 2.75) is 37.5 Å². The molecule has 3 heteroatoms. The number of amides is 1. The van der Waals surface area contributed by atoms with E-state index in [9.17, 15) is 4.79 Å². The molecule has 0 spiro atoms. The molecule has 0 aromatic carbocycles. The number of nitrogens with one attached hydrogen (secondary N) is 1. The molecule has 86 valence electrons. The highest BCUT2D eigenvalue weighted by Crippen LogP contribution is 2.39. The lowest BCUT2D eigenvalue weighted by atomic mass is 9.69.